The minimum absolute atomic E-state index is 0. The number of amides is 2. The summed E-state index contributed by atoms with van der Waals surface area (Å²) in [5, 5.41) is 43.3. The van der Waals surface area contributed by atoms with Crippen molar-refractivity contribution in [3.05, 3.63) is 24.3 Å². The molecule has 0 rings (SSSR count). The average molecular weight is 761 g/mol. The third kappa shape index (κ3) is 42.6. The van der Waals surface area contributed by atoms with Gasteiger partial charge in [0.25, 0.3) is 0 Å². The minimum Gasteiger partial charge on any atom is -0.548 e. The quantitative estimate of drug-likeness (QED) is 0.0335. The standard InChI is InChI=1S/2C21H39NO4.Mg/c2*1-2-3-4-5-6-7-8-9-10-11-12-13-14-15-16-17-20(24)22-19(18-23)21(25)26;/h2*9-10,19,23H,2-8,11-18H2,1H3,(H,22,24)(H,25,26);/q;;+2/p-2/b2*10-9-;/t2*19-;/m00./s1. The van der Waals surface area contributed by atoms with Gasteiger partial charge in [-0.15, -0.1) is 0 Å². The number of allylic oxidation sites excluding steroid dienone is 4. The van der Waals surface area contributed by atoms with Crippen LogP contribution in [0.1, 0.15) is 194 Å². The Bertz CT molecular complexity index is 844. The van der Waals surface area contributed by atoms with E-state index in [0.717, 1.165) is 64.2 Å². The number of rotatable bonds is 36. The summed E-state index contributed by atoms with van der Waals surface area (Å²) in [5.74, 6) is -3.59. The van der Waals surface area contributed by atoms with Gasteiger partial charge in [-0.2, -0.15) is 0 Å². The number of hydrogen-bond acceptors (Lipinski definition) is 8. The van der Waals surface area contributed by atoms with Crippen molar-refractivity contribution < 1.29 is 39.6 Å². The van der Waals surface area contributed by atoms with Gasteiger partial charge in [0, 0.05) is 12.8 Å². The molecule has 2 amide bonds. The first kappa shape index (κ1) is 55.4. The van der Waals surface area contributed by atoms with Gasteiger partial charge in [-0.1, -0.05) is 141 Å². The number of aliphatic hydroxyl groups is 2. The zero-order chi connectivity index (χ0) is 38.9. The Labute approximate surface area is 339 Å². The van der Waals surface area contributed by atoms with Crippen molar-refractivity contribution in [2.75, 3.05) is 13.2 Å². The summed E-state index contributed by atoms with van der Waals surface area (Å²) in [5.41, 5.74) is 0. The van der Waals surface area contributed by atoms with Gasteiger partial charge < -0.3 is 40.6 Å². The van der Waals surface area contributed by atoms with Crippen LogP contribution in [0.3, 0.4) is 0 Å². The van der Waals surface area contributed by atoms with Crippen molar-refractivity contribution in [3.8, 4) is 0 Å². The van der Waals surface area contributed by atoms with Crippen LogP contribution in [0, 0.1) is 0 Å². The summed E-state index contributed by atoms with van der Waals surface area (Å²) in [6.45, 7) is 3.21. The zero-order valence-electron chi connectivity index (χ0n) is 33.7. The fourth-order valence-electron chi connectivity index (χ4n) is 5.60. The number of carboxylic acids is 2. The van der Waals surface area contributed by atoms with Gasteiger partial charge in [0.1, 0.15) is 0 Å². The molecule has 0 heterocycles. The summed E-state index contributed by atoms with van der Waals surface area (Å²) in [7, 11) is 0. The van der Waals surface area contributed by atoms with Gasteiger partial charge >= 0.3 is 23.1 Å². The number of aliphatic carboxylic acids is 2. The Morgan fingerprint density at radius 3 is 0.943 bits per heavy atom. The first-order valence-corrected chi connectivity index (χ1v) is 20.7. The first-order chi connectivity index (χ1) is 25.2. The molecule has 0 aromatic carbocycles. The molecule has 0 saturated heterocycles. The molecule has 0 fully saturated rings. The van der Waals surface area contributed by atoms with Crippen LogP contribution in [0.2, 0.25) is 0 Å². The third-order valence-electron chi connectivity index (χ3n) is 8.94. The Hall–Kier alpha value is -1.95. The Kier molecular flexibility index (Phi) is 46.4. The molecule has 0 aliphatic heterocycles. The van der Waals surface area contributed by atoms with Gasteiger partial charge in [0.05, 0.1) is 37.2 Å². The molecule has 11 heteroatoms. The van der Waals surface area contributed by atoms with Gasteiger partial charge in [0.2, 0.25) is 11.8 Å². The number of carbonyl (C=O) groups excluding carboxylic acids is 4. The number of unbranched alkanes of at least 4 members (excludes halogenated alkanes) is 22. The number of hydrogen-bond donors (Lipinski definition) is 4. The van der Waals surface area contributed by atoms with Crippen molar-refractivity contribution in [1.82, 2.24) is 10.6 Å². The second-order valence-electron chi connectivity index (χ2n) is 13.9. The van der Waals surface area contributed by atoms with Gasteiger partial charge in [-0.3, -0.25) is 9.59 Å². The van der Waals surface area contributed by atoms with E-state index < -0.39 is 37.2 Å². The Balaban J connectivity index is -0.000000926. The van der Waals surface area contributed by atoms with Crippen LogP contribution < -0.4 is 20.8 Å². The normalized spacial score (nSPS) is 12.2. The largest absolute Gasteiger partial charge is 2.00 e. The molecule has 0 radical (unpaired) electrons. The molecule has 0 spiro atoms. The number of aliphatic hydroxyl groups excluding tert-OH is 2. The van der Waals surface area contributed by atoms with Crippen molar-refractivity contribution in [1.29, 1.82) is 0 Å². The molecule has 0 aromatic heterocycles. The molecule has 0 aliphatic carbocycles. The van der Waals surface area contributed by atoms with Crippen molar-refractivity contribution in [2.45, 2.75) is 206 Å². The van der Waals surface area contributed by atoms with E-state index in [0.29, 0.717) is 12.8 Å². The van der Waals surface area contributed by atoms with Crippen molar-refractivity contribution >= 4 is 46.8 Å². The molecular weight excluding hydrogens is 685 g/mol. The van der Waals surface area contributed by atoms with Crippen molar-refractivity contribution in [2.24, 2.45) is 0 Å². The summed E-state index contributed by atoms with van der Waals surface area (Å²) in [6, 6.07) is -2.60. The molecule has 0 unspecified atom stereocenters. The van der Waals surface area contributed by atoms with Crippen LogP contribution in [-0.4, -0.2) is 82.3 Å². The van der Waals surface area contributed by atoms with Crippen LogP contribution in [0.15, 0.2) is 24.3 Å². The van der Waals surface area contributed by atoms with Crippen LogP contribution in [-0.2, 0) is 19.2 Å². The van der Waals surface area contributed by atoms with E-state index in [4.69, 9.17) is 10.2 Å². The number of carbonyl (C=O) groups is 4. The Morgan fingerprint density at radius 2 is 0.698 bits per heavy atom. The van der Waals surface area contributed by atoms with E-state index in [1.165, 1.54) is 103 Å². The predicted molar refractivity (Wildman–Crippen MR) is 213 cm³/mol. The van der Waals surface area contributed by atoms with E-state index in [-0.39, 0.29) is 34.9 Å². The van der Waals surface area contributed by atoms with E-state index in [1.54, 1.807) is 0 Å². The molecule has 304 valence electrons. The topological polar surface area (TPSA) is 179 Å². The van der Waals surface area contributed by atoms with Gasteiger partial charge in [-0.05, 0) is 64.2 Å². The molecule has 0 saturated carbocycles. The molecule has 53 heavy (non-hydrogen) atoms. The molecule has 0 aromatic rings. The van der Waals surface area contributed by atoms with Gasteiger partial charge in [0.15, 0.2) is 0 Å². The molecular formula is C42H76MgN2O8. The van der Waals surface area contributed by atoms with E-state index in [1.807, 2.05) is 0 Å². The fourth-order valence-corrected chi connectivity index (χ4v) is 5.60. The summed E-state index contributed by atoms with van der Waals surface area (Å²) in [4.78, 5) is 44.2. The first-order valence-electron chi connectivity index (χ1n) is 20.7. The molecule has 2 atom stereocenters. The third-order valence-corrected chi connectivity index (χ3v) is 8.94. The molecule has 0 bridgehead atoms. The van der Waals surface area contributed by atoms with Crippen LogP contribution in [0.25, 0.3) is 0 Å². The number of nitrogens with one attached hydrogen (secondary N) is 2. The smallest absolute Gasteiger partial charge is 0.548 e. The van der Waals surface area contributed by atoms with Crippen LogP contribution in [0.4, 0.5) is 0 Å². The van der Waals surface area contributed by atoms with E-state index in [2.05, 4.69) is 48.8 Å². The van der Waals surface area contributed by atoms with Crippen LogP contribution >= 0.6 is 0 Å². The minimum atomic E-state index is -1.45. The average Bonchev–Trinajstić information content (AvgIpc) is 3.12. The number of carboxylic acid groups (broad SMARTS) is 2. The molecule has 4 N–H and O–H groups in total. The summed E-state index contributed by atoms with van der Waals surface area (Å²) in [6.07, 6.45) is 40.8. The van der Waals surface area contributed by atoms with E-state index >= 15 is 0 Å². The zero-order valence-corrected chi connectivity index (χ0v) is 35.1. The fraction of sp³-hybridized carbons (Fsp3) is 0.810. The second-order valence-corrected chi connectivity index (χ2v) is 13.9. The van der Waals surface area contributed by atoms with Gasteiger partial charge in [-0.25, -0.2) is 0 Å². The second kappa shape index (κ2) is 44.4. The monoisotopic (exact) mass is 761 g/mol. The maximum atomic E-state index is 11.5. The SMILES string of the molecule is CCCCCCCC/C=C\CCCCCCCC(=O)N[C@@H](CO)C(=O)[O-].CCCCCCCC/C=C\CCCCCCCC(=O)N[C@@H](CO)C(=O)[O-].[Mg+2]. The summed E-state index contributed by atoms with van der Waals surface area (Å²) >= 11 is 0. The predicted octanol–water partition coefficient (Wildman–Crippen LogP) is 6.12. The summed E-state index contributed by atoms with van der Waals surface area (Å²) < 4.78 is 0. The van der Waals surface area contributed by atoms with Crippen LogP contribution in [0.5, 0.6) is 0 Å². The molecule has 0 aliphatic rings. The molecule has 10 nitrogen and oxygen atoms in total. The maximum Gasteiger partial charge on any atom is 2.00 e. The van der Waals surface area contributed by atoms with E-state index in [9.17, 15) is 29.4 Å². The maximum absolute atomic E-state index is 11.5. The Morgan fingerprint density at radius 1 is 0.453 bits per heavy atom. The van der Waals surface area contributed by atoms with Crippen molar-refractivity contribution in [3.63, 3.8) is 0 Å².